The first-order valence-corrected chi connectivity index (χ1v) is 10.5. The molecule has 2 N–H and O–H groups in total. The summed E-state index contributed by atoms with van der Waals surface area (Å²) in [7, 11) is 1.21. The molecular weight excluding hydrogens is 452 g/mol. The molecular formula is C23H21ClN2O7. The summed E-state index contributed by atoms with van der Waals surface area (Å²) in [5.74, 6) is -0.773. The van der Waals surface area contributed by atoms with Crippen LogP contribution < -0.4 is 14.8 Å². The summed E-state index contributed by atoms with van der Waals surface area (Å²) in [6.45, 7) is 0.399. The van der Waals surface area contributed by atoms with Crippen molar-refractivity contribution >= 4 is 34.9 Å². The van der Waals surface area contributed by atoms with Crippen LogP contribution in [0.25, 0.3) is 0 Å². The van der Waals surface area contributed by atoms with Crippen molar-refractivity contribution in [1.29, 1.82) is 0 Å². The van der Waals surface area contributed by atoms with Gasteiger partial charge in [-0.1, -0.05) is 23.7 Å². The molecule has 0 saturated heterocycles. The zero-order valence-corrected chi connectivity index (χ0v) is 18.5. The van der Waals surface area contributed by atoms with E-state index in [-0.39, 0.29) is 48.0 Å². The fourth-order valence-corrected chi connectivity index (χ4v) is 3.84. The number of hydrogen-bond donors (Lipinski definition) is 2. The highest BCUT2D eigenvalue weighted by Gasteiger charge is 2.35. The van der Waals surface area contributed by atoms with Crippen LogP contribution >= 0.6 is 11.6 Å². The third-order valence-corrected chi connectivity index (χ3v) is 5.46. The molecule has 2 aromatic carbocycles. The Labute approximate surface area is 194 Å². The average Bonchev–Trinajstić information content (AvgIpc) is 3.13. The van der Waals surface area contributed by atoms with Gasteiger partial charge in [-0.25, -0.2) is 4.79 Å². The first-order valence-electron chi connectivity index (χ1n) is 10.2. The number of nitrogens with one attached hydrogen (secondary N) is 1. The minimum atomic E-state index is -0.688. The predicted molar refractivity (Wildman–Crippen MR) is 119 cm³/mol. The number of carbonyl (C=O) groups is 3. The molecule has 4 rings (SSSR count). The van der Waals surface area contributed by atoms with Crippen LogP contribution in [-0.4, -0.2) is 67.7 Å². The number of amides is 1. The van der Waals surface area contributed by atoms with E-state index in [4.69, 9.17) is 25.8 Å². The van der Waals surface area contributed by atoms with Crippen LogP contribution in [-0.2, 0) is 14.3 Å². The van der Waals surface area contributed by atoms with Crippen LogP contribution in [0.2, 0.25) is 5.02 Å². The number of β-amino-alcohol motifs (C(OH)–C–C–N with tert-alkyl or cyclic N) is 1. The van der Waals surface area contributed by atoms with Crippen molar-refractivity contribution in [2.24, 2.45) is 0 Å². The van der Waals surface area contributed by atoms with E-state index in [2.05, 4.69) is 5.32 Å². The van der Waals surface area contributed by atoms with Crippen molar-refractivity contribution in [2.75, 3.05) is 45.3 Å². The highest BCUT2D eigenvalue weighted by molar-refractivity contribution is 6.31. The van der Waals surface area contributed by atoms with Crippen LogP contribution in [0, 0.1) is 0 Å². The van der Waals surface area contributed by atoms with Gasteiger partial charge < -0.3 is 29.5 Å². The topological polar surface area (TPSA) is 114 Å². The zero-order chi connectivity index (χ0) is 23.5. The second-order valence-corrected chi connectivity index (χ2v) is 7.74. The smallest absolute Gasteiger partial charge is 0.337 e. The summed E-state index contributed by atoms with van der Waals surface area (Å²) in [4.78, 5) is 40.0. The number of carbonyl (C=O) groups excluding carboxylic acids is 3. The molecule has 172 valence electrons. The van der Waals surface area contributed by atoms with Crippen LogP contribution in [0.15, 0.2) is 47.7 Å². The van der Waals surface area contributed by atoms with Gasteiger partial charge in [0.05, 0.1) is 31.5 Å². The Kier molecular flexibility index (Phi) is 6.52. The van der Waals surface area contributed by atoms with Gasteiger partial charge in [0, 0.05) is 28.8 Å². The molecule has 0 aliphatic carbocycles. The maximum Gasteiger partial charge on any atom is 0.337 e. The lowest BCUT2D eigenvalue weighted by Crippen LogP contribution is -2.31. The van der Waals surface area contributed by atoms with Crippen LogP contribution in [0.4, 0.5) is 5.69 Å². The van der Waals surface area contributed by atoms with Crippen molar-refractivity contribution in [1.82, 2.24) is 4.90 Å². The van der Waals surface area contributed by atoms with Gasteiger partial charge in [-0.15, -0.1) is 0 Å². The number of ketones is 1. The molecule has 0 spiro atoms. The third kappa shape index (κ3) is 4.50. The molecule has 0 radical (unpaired) electrons. The zero-order valence-electron chi connectivity index (χ0n) is 17.7. The molecule has 0 bridgehead atoms. The van der Waals surface area contributed by atoms with E-state index in [0.717, 1.165) is 0 Å². The van der Waals surface area contributed by atoms with E-state index in [0.29, 0.717) is 35.3 Å². The Balaban J connectivity index is 1.79. The molecule has 10 heteroatoms. The number of rotatable bonds is 7. The Morgan fingerprint density at radius 1 is 1.18 bits per heavy atom. The molecule has 0 atom stereocenters. The number of halogens is 1. The maximum absolute atomic E-state index is 13.4. The van der Waals surface area contributed by atoms with Crippen molar-refractivity contribution in [3.63, 3.8) is 0 Å². The Bertz CT molecular complexity index is 1160. The number of hydrogen-bond acceptors (Lipinski definition) is 8. The number of esters is 1. The molecule has 0 aromatic heterocycles. The van der Waals surface area contributed by atoms with E-state index < -0.39 is 11.9 Å². The van der Waals surface area contributed by atoms with E-state index in [1.165, 1.54) is 24.1 Å². The lowest BCUT2D eigenvalue weighted by atomic mass is 10.00. The number of ether oxygens (including phenoxy) is 3. The molecule has 33 heavy (non-hydrogen) atoms. The molecule has 0 fully saturated rings. The molecule has 1 amide bonds. The minimum absolute atomic E-state index is 0.0312. The third-order valence-electron chi connectivity index (χ3n) is 5.23. The quantitative estimate of drug-likeness (QED) is 0.464. The van der Waals surface area contributed by atoms with Crippen molar-refractivity contribution in [3.8, 4) is 11.5 Å². The summed E-state index contributed by atoms with van der Waals surface area (Å²) < 4.78 is 16.1. The second kappa shape index (κ2) is 9.51. The van der Waals surface area contributed by atoms with E-state index in [1.807, 2.05) is 0 Å². The predicted octanol–water partition coefficient (Wildman–Crippen LogP) is 2.02. The number of methoxy groups -OCH3 is 1. The maximum atomic E-state index is 13.4. The van der Waals surface area contributed by atoms with Crippen molar-refractivity contribution in [3.05, 3.63) is 63.8 Å². The summed E-state index contributed by atoms with van der Waals surface area (Å²) >= 11 is 6.06. The monoisotopic (exact) mass is 472 g/mol. The van der Waals surface area contributed by atoms with Gasteiger partial charge in [-0.3, -0.25) is 9.59 Å². The number of benzene rings is 2. The number of aliphatic hydroxyl groups excluding tert-OH is 1. The molecule has 2 aliphatic rings. The first-order chi connectivity index (χ1) is 15.9. The molecule has 9 nitrogen and oxygen atoms in total. The SMILES string of the molecule is COC(=O)C1=C(Nc2cc3c(cc2C(=O)c2cccc(Cl)c2)OCCO3)C(=O)N(CCO)C1. The van der Waals surface area contributed by atoms with Crippen molar-refractivity contribution < 1.29 is 33.7 Å². The van der Waals surface area contributed by atoms with Gasteiger partial charge >= 0.3 is 5.97 Å². The van der Waals surface area contributed by atoms with Crippen LogP contribution in [0.3, 0.4) is 0 Å². The van der Waals surface area contributed by atoms with E-state index >= 15 is 0 Å². The summed E-state index contributed by atoms with van der Waals surface area (Å²) in [5, 5.41) is 12.6. The molecule has 2 heterocycles. The van der Waals surface area contributed by atoms with Gasteiger partial charge in [-0.05, 0) is 18.2 Å². The molecule has 2 aliphatic heterocycles. The largest absolute Gasteiger partial charge is 0.486 e. The Morgan fingerprint density at radius 3 is 2.58 bits per heavy atom. The standard InChI is InChI=1S/C23H21ClN2O7/c1-31-23(30)16-12-26(5-6-27)22(29)20(16)25-17-11-19-18(32-7-8-33-19)10-15(17)21(28)13-3-2-4-14(24)9-13/h2-4,9-11,25,27H,5-8,12H2,1H3. The van der Waals surface area contributed by atoms with Gasteiger partial charge in [0.25, 0.3) is 5.91 Å². The van der Waals surface area contributed by atoms with Crippen LogP contribution in [0.5, 0.6) is 11.5 Å². The number of anilines is 1. The summed E-state index contributed by atoms with van der Waals surface area (Å²) in [5.41, 5.74) is 0.842. The lowest BCUT2D eigenvalue weighted by Gasteiger charge is -2.22. The minimum Gasteiger partial charge on any atom is -0.486 e. The van der Waals surface area contributed by atoms with E-state index in [9.17, 15) is 19.5 Å². The fourth-order valence-electron chi connectivity index (χ4n) is 3.65. The van der Waals surface area contributed by atoms with Crippen LogP contribution in [0.1, 0.15) is 15.9 Å². The Hall–Kier alpha value is -3.56. The highest BCUT2D eigenvalue weighted by Crippen LogP contribution is 2.38. The highest BCUT2D eigenvalue weighted by atomic mass is 35.5. The summed E-state index contributed by atoms with van der Waals surface area (Å²) in [6, 6.07) is 9.55. The number of nitrogens with zero attached hydrogens (tertiary/aromatic N) is 1. The summed E-state index contributed by atoms with van der Waals surface area (Å²) in [6.07, 6.45) is 0. The fraction of sp³-hybridized carbons (Fsp3) is 0.261. The molecule has 2 aromatic rings. The Morgan fingerprint density at radius 2 is 1.91 bits per heavy atom. The second-order valence-electron chi connectivity index (χ2n) is 7.30. The number of aliphatic hydroxyl groups is 1. The number of fused-ring (bicyclic) bond motifs is 1. The van der Waals surface area contributed by atoms with E-state index in [1.54, 1.807) is 24.3 Å². The van der Waals surface area contributed by atoms with Gasteiger partial charge in [0.2, 0.25) is 0 Å². The average molecular weight is 473 g/mol. The van der Waals surface area contributed by atoms with Crippen molar-refractivity contribution in [2.45, 2.75) is 0 Å². The van der Waals surface area contributed by atoms with Gasteiger partial charge in [-0.2, -0.15) is 0 Å². The molecule has 0 saturated carbocycles. The first kappa shape index (κ1) is 22.6. The van der Waals surface area contributed by atoms with Gasteiger partial charge in [0.1, 0.15) is 18.9 Å². The molecule has 0 unspecified atom stereocenters. The normalized spacial score (nSPS) is 15.0. The lowest BCUT2D eigenvalue weighted by molar-refractivity contribution is -0.136. The van der Waals surface area contributed by atoms with Gasteiger partial charge in [0.15, 0.2) is 17.3 Å².